The number of alkyl halides is 3. The first-order chi connectivity index (χ1) is 9.52. The van der Waals surface area contributed by atoms with E-state index in [0.717, 1.165) is 9.78 Å². The van der Waals surface area contributed by atoms with Gasteiger partial charge in [-0.15, -0.1) is 11.3 Å². The van der Waals surface area contributed by atoms with Crippen molar-refractivity contribution >= 4 is 17.3 Å². The maximum Gasteiger partial charge on any atom is 0.431 e. The number of thiophene rings is 1. The lowest BCUT2D eigenvalue weighted by molar-refractivity contribution is -0.0943. The first-order valence-electron chi connectivity index (χ1n) is 5.90. The predicted octanol–water partition coefficient (Wildman–Crippen LogP) is 2.61. The summed E-state index contributed by atoms with van der Waals surface area (Å²) in [5.74, 6) is 0.112. The molecule has 0 saturated carbocycles. The molecule has 20 heavy (non-hydrogen) atoms. The summed E-state index contributed by atoms with van der Waals surface area (Å²) in [4.78, 5) is 1.83. The number of hydrogen-bond donors (Lipinski definition) is 0. The van der Waals surface area contributed by atoms with Gasteiger partial charge in [-0.05, 0) is 34.9 Å². The molecule has 0 spiro atoms. The third-order valence-electron chi connectivity index (χ3n) is 3.03. The van der Waals surface area contributed by atoms with Gasteiger partial charge in [0.25, 0.3) is 5.95 Å². The van der Waals surface area contributed by atoms with Crippen molar-refractivity contribution in [2.45, 2.75) is 19.1 Å². The Hall–Kier alpha value is -1.90. The monoisotopic (exact) mass is 301 g/mol. The van der Waals surface area contributed by atoms with Crippen LogP contribution in [0.3, 0.4) is 0 Å². The Bertz CT molecular complexity index is 631. The molecule has 2 aromatic heterocycles. The average Bonchev–Trinajstić information content (AvgIpc) is 3.06. The standard InChI is InChI=1S/C11H10F3N5S/c1-2-18-9(11(12,13)14)6-7(8-4-3-5-20-8)19-10(18)15-16-17-19/h3-7H,2H2,1H3. The molecule has 1 aliphatic rings. The summed E-state index contributed by atoms with van der Waals surface area (Å²) in [5, 5.41) is 12.9. The number of fused-ring (bicyclic) bond motifs is 1. The van der Waals surface area contributed by atoms with Crippen molar-refractivity contribution in [2.24, 2.45) is 0 Å². The van der Waals surface area contributed by atoms with Crippen LogP contribution in [0.15, 0.2) is 29.3 Å². The zero-order valence-corrected chi connectivity index (χ0v) is 11.2. The molecule has 0 aromatic carbocycles. The van der Waals surface area contributed by atoms with Gasteiger partial charge in [-0.25, -0.2) is 0 Å². The van der Waals surface area contributed by atoms with Crippen molar-refractivity contribution in [1.82, 2.24) is 20.2 Å². The zero-order chi connectivity index (χ0) is 14.3. The van der Waals surface area contributed by atoms with E-state index in [0.29, 0.717) is 0 Å². The van der Waals surface area contributed by atoms with Gasteiger partial charge < -0.3 is 4.90 Å². The van der Waals surface area contributed by atoms with Gasteiger partial charge in [0.15, 0.2) is 0 Å². The number of hydrogen-bond acceptors (Lipinski definition) is 5. The minimum Gasteiger partial charge on any atom is -0.305 e. The molecule has 3 heterocycles. The Morgan fingerprint density at radius 3 is 2.80 bits per heavy atom. The Balaban J connectivity index is 2.16. The van der Waals surface area contributed by atoms with E-state index < -0.39 is 17.9 Å². The first kappa shape index (κ1) is 13.1. The molecule has 5 nitrogen and oxygen atoms in total. The van der Waals surface area contributed by atoms with E-state index in [2.05, 4.69) is 15.5 Å². The molecule has 0 amide bonds. The molecule has 2 aromatic rings. The Kier molecular flexibility index (Phi) is 3.00. The molecule has 1 aliphatic heterocycles. The van der Waals surface area contributed by atoms with E-state index in [1.807, 2.05) is 5.38 Å². The maximum atomic E-state index is 13.2. The van der Waals surface area contributed by atoms with Crippen LogP contribution < -0.4 is 4.90 Å². The number of nitrogens with zero attached hydrogens (tertiary/aromatic N) is 5. The fraction of sp³-hybridized carbons (Fsp3) is 0.364. The van der Waals surface area contributed by atoms with Crippen molar-refractivity contribution in [3.63, 3.8) is 0 Å². The summed E-state index contributed by atoms with van der Waals surface area (Å²) >= 11 is 1.37. The molecule has 0 N–H and O–H groups in total. The van der Waals surface area contributed by atoms with Crippen molar-refractivity contribution in [3.8, 4) is 0 Å². The highest BCUT2D eigenvalue weighted by Gasteiger charge is 2.43. The zero-order valence-electron chi connectivity index (χ0n) is 10.4. The van der Waals surface area contributed by atoms with E-state index in [9.17, 15) is 13.2 Å². The highest BCUT2D eigenvalue weighted by atomic mass is 32.1. The molecule has 106 valence electrons. The number of anilines is 1. The number of allylic oxidation sites excluding steroid dienone is 2. The minimum absolute atomic E-state index is 0.112. The summed E-state index contributed by atoms with van der Waals surface area (Å²) in [6, 6.07) is 2.93. The van der Waals surface area contributed by atoms with Gasteiger partial charge >= 0.3 is 6.18 Å². The van der Waals surface area contributed by atoms with Crippen LogP contribution in [0, 0.1) is 0 Å². The topological polar surface area (TPSA) is 46.8 Å². The second-order valence-electron chi connectivity index (χ2n) is 4.18. The SMILES string of the molecule is CCN1C(C(F)(F)F)=CC(c2cccs2)n2nnnc21. The van der Waals surface area contributed by atoms with Crippen LogP contribution in [0.25, 0.3) is 0 Å². The van der Waals surface area contributed by atoms with E-state index in [1.165, 1.54) is 22.1 Å². The number of halogens is 3. The molecule has 3 rings (SSSR count). The van der Waals surface area contributed by atoms with Crippen LogP contribution in [0.4, 0.5) is 19.1 Å². The van der Waals surface area contributed by atoms with Crippen molar-refractivity contribution < 1.29 is 13.2 Å². The lowest BCUT2D eigenvalue weighted by Gasteiger charge is -2.32. The molecular weight excluding hydrogens is 291 g/mol. The average molecular weight is 301 g/mol. The van der Waals surface area contributed by atoms with Crippen LogP contribution in [0.5, 0.6) is 0 Å². The van der Waals surface area contributed by atoms with Gasteiger partial charge in [-0.3, -0.25) is 0 Å². The third-order valence-corrected chi connectivity index (χ3v) is 3.97. The van der Waals surface area contributed by atoms with Crippen LogP contribution in [-0.4, -0.2) is 32.9 Å². The molecule has 0 saturated heterocycles. The van der Waals surface area contributed by atoms with E-state index in [-0.39, 0.29) is 12.5 Å². The Morgan fingerprint density at radius 1 is 1.40 bits per heavy atom. The lowest BCUT2D eigenvalue weighted by atomic mass is 10.1. The molecule has 0 radical (unpaired) electrons. The van der Waals surface area contributed by atoms with Crippen molar-refractivity contribution in [1.29, 1.82) is 0 Å². The van der Waals surface area contributed by atoms with E-state index in [1.54, 1.807) is 19.1 Å². The molecule has 1 unspecified atom stereocenters. The first-order valence-corrected chi connectivity index (χ1v) is 6.78. The van der Waals surface area contributed by atoms with Crippen LogP contribution in [0.1, 0.15) is 17.8 Å². The van der Waals surface area contributed by atoms with E-state index in [4.69, 9.17) is 0 Å². The number of rotatable bonds is 2. The Labute approximate surface area is 116 Å². The predicted molar refractivity (Wildman–Crippen MR) is 67.4 cm³/mol. The minimum atomic E-state index is -4.44. The van der Waals surface area contributed by atoms with Gasteiger partial charge in [0.1, 0.15) is 11.7 Å². The molecule has 0 fully saturated rings. The van der Waals surface area contributed by atoms with E-state index >= 15 is 0 Å². The van der Waals surface area contributed by atoms with Gasteiger partial charge in [0.05, 0.1) is 0 Å². The van der Waals surface area contributed by atoms with Crippen LogP contribution in [0.2, 0.25) is 0 Å². The maximum absolute atomic E-state index is 13.2. The van der Waals surface area contributed by atoms with Crippen molar-refractivity contribution in [3.05, 3.63) is 34.2 Å². The summed E-state index contributed by atoms with van der Waals surface area (Å²) < 4.78 is 41.0. The van der Waals surface area contributed by atoms with Gasteiger partial charge in [-0.2, -0.15) is 17.9 Å². The summed E-state index contributed by atoms with van der Waals surface area (Å²) in [6.45, 7) is 1.77. The highest BCUT2D eigenvalue weighted by Crippen LogP contribution is 2.39. The molecule has 0 aliphatic carbocycles. The largest absolute Gasteiger partial charge is 0.431 e. The normalized spacial score (nSPS) is 18.9. The Morgan fingerprint density at radius 2 is 2.20 bits per heavy atom. The highest BCUT2D eigenvalue weighted by molar-refractivity contribution is 7.10. The molecule has 9 heteroatoms. The number of tetrazole rings is 1. The van der Waals surface area contributed by atoms with Crippen LogP contribution in [-0.2, 0) is 0 Å². The van der Waals surface area contributed by atoms with Gasteiger partial charge in [0, 0.05) is 11.4 Å². The summed E-state index contributed by atoms with van der Waals surface area (Å²) in [5.41, 5.74) is -0.722. The van der Waals surface area contributed by atoms with Gasteiger partial charge in [0.2, 0.25) is 0 Å². The summed E-state index contributed by atoms with van der Waals surface area (Å²) in [6.07, 6.45) is -3.28. The smallest absolute Gasteiger partial charge is 0.305 e. The third kappa shape index (κ3) is 1.98. The molecular formula is C11H10F3N5S. The number of aromatic nitrogens is 4. The summed E-state index contributed by atoms with van der Waals surface area (Å²) in [7, 11) is 0. The second-order valence-corrected chi connectivity index (χ2v) is 5.16. The van der Waals surface area contributed by atoms with Crippen molar-refractivity contribution in [2.75, 3.05) is 11.4 Å². The fourth-order valence-electron chi connectivity index (χ4n) is 2.19. The van der Waals surface area contributed by atoms with Crippen LogP contribution >= 0.6 is 11.3 Å². The quantitative estimate of drug-likeness (QED) is 0.855. The molecule has 1 atom stereocenters. The lowest BCUT2D eigenvalue weighted by Crippen LogP contribution is -2.38. The molecule has 0 bridgehead atoms. The van der Waals surface area contributed by atoms with Gasteiger partial charge in [-0.1, -0.05) is 11.2 Å². The fourth-order valence-corrected chi connectivity index (χ4v) is 2.96. The second kappa shape index (κ2) is 4.58.